The maximum absolute atomic E-state index is 13.0. The van der Waals surface area contributed by atoms with Crippen LogP contribution in [0.3, 0.4) is 0 Å². The Balaban J connectivity index is 0.00000180. The molecular formula is C13H17ClF2N2O. The van der Waals surface area contributed by atoms with Gasteiger partial charge in [-0.1, -0.05) is 12.5 Å². The van der Waals surface area contributed by atoms with E-state index in [9.17, 15) is 13.6 Å². The molecule has 1 aromatic rings. The van der Waals surface area contributed by atoms with Gasteiger partial charge in [-0.2, -0.15) is 0 Å². The molecule has 1 amide bonds. The topological polar surface area (TPSA) is 55.1 Å². The first kappa shape index (κ1) is 15.9. The lowest BCUT2D eigenvalue weighted by Crippen LogP contribution is -2.38. The molecule has 3 N–H and O–H groups in total. The van der Waals surface area contributed by atoms with Gasteiger partial charge in [-0.3, -0.25) is 4.79 Å². The molecule has 3 nitrogen and oxygen atoms in total. The smallest absolute Gasteiger partial charge is 0.224 e. The maximum Gasteiger partial charge on any atom is 0.224 e. The van der Waals surface area contributed by atoms with E-state index in [1.54, 1.807) is 0 Å². The molecule has 2 unspecified atom stereocenters. The fourth-order valence-electron chi connectivity index (χ4n) is 2.28. The van der Waals surface area contributed by atoms with E-state index < -0.39 is 11.6 Å². The van der Waals surface area contributed by atoms with Crippen molar-refractivity contribution in [3.05, 3.63) is 35.4 Å². The quantitative estimate of drug-likeness (QED) is 0.896. The van der Waals surface area contributed by atoms with Crippen LogP contribution in [0.4, 0.5) is 8.78 Å². The second-order valence-corrected chi connectivity index (χ2v) is 4.67. The van der Waals surface area contributed by atoms with Crippen LogP contribution in [0.15, 0.2) is 18.2 Å². The Morgan fingerprint density at radius 3 is 2.63 bits per heavy atom. The van der Waals surface area contributed by atoms with E-state index in [0.717, 1.165) is 31.4 Å². The second kappa shape index (κ2) is 6.82. The van der Waals surface area contributed by atoms with Crippen molar-refractivity contribution in [3.63, 3.8) is 0 Å². The first-order valence-electron chi connectivity index (χ1n) is 6.05. The molecule has 1 aliphatic carbocycles. The lowest BCUT2D eigenvalue weighted by atomic mass is 10.0. The number of halogens is 3. The highest BCUT2D eigenvalue weighted by Gasteiger charge is 2.29. The predicted molar refractivity (Wildman–Crippen MR) is 70.8 cm³/mol. The van der Waals surface area contributed by atoms with Gasteiger partial charge in [0.2, 0.25) is 5.91 Å². The third kappa shape index (κ3) is 3.88. The van der Waals surface area contributed by atoms with E-state index in [0.29, 0.717) is 5.56 Å². The molecule has 0 aliphatic heterocycles. The summed E-state index contributed by atoms with van der Waals surface area (Å²) in [4.78, 5) is 11.8. The van der Waals surface area contributed by atoms with Gasteiger partial charge in [-0.25, -0.2) is 8.78 Å². The van der Waals surface area contributed by atoms with Crippen molar-refractivity contribution in [1.82, 2.24) is 5.32 Å². The van der Waals surface area contributed by atoms with Gasteiger partial charge in [0.1, 0.15) is 0 Å². The van der Waals surface area contributed by atoms with Gasteiger partial charge < -0.3 is 11.1 Å². The number of rotatable bonds is 3. The standard InChI is InChI=1S/C13H16F2N2O.ClH/c14-10-5-4-8(6-11(10)15)7-17-13(18)9-2-1-3-12(9)16;/h4-6,9,12H,1-3,7,16H2,(H,17,18);1H. The Hall–Kier alpha value is -1.20. The summed E-state index contributed by atoms with van der Waals surface area (Å²) in [6.07, 6.45) is 2.62. The van der Waals surface area contributed by atoms with Crippen molar-refractivity contribution in [2.75, 3.05) is 0 Å². The fraction of sp³-hybridized carbons (Fsp3) is 0.462. The highest BCUT2D eigenvalue weighted by Crippen LogP contribution is 2.24. The third-order valence-electron chi connectivity index (χ3n) is 3.36. The highest BCUT2D eigenvalue weighted by atomic mass is 35.5. The van der Waals surface area contributed by atoms with E-state index in [4.69, 9.17) is 5.73 Å². The Morgan fingerprint density at radius 1 is 1.32 bits per heavy atom. The minimum Gasteiger partial charge on any atom is -0.352 e. The van der Waals surface area contributed by atoms with Gasteiger partial charge in [-0.15, -0.1) is 12.4 Å². The van der Waals surface area contributed by atoms with Crippen molar-refractivity contribution in [2.24, 2.45) is 11.7 Å². The molecule has 2 atom stereocenters. The van der Waals surface area contributed by atoms with Crippen LogP contribution < -0.4 is 11.1 Å². The van der Waals surface area contributed by atoms with Crippen LogP contribution in [-0.2, 0) is 11.3 Å². The van der Waals surface area contributed by atoms with E-state index in [2.05, 4.69) is 5.32 Å². The van der Waals surface area contributed by atoms with Crippen molar-refractivity contribution < 1.29 is 13.6 Å². The van der Waals surface area contributed by atoms with Crippen LogP contribution in [0.25, 0.3) is 0 Å². The zero-order valence-corrected chi connectivity index (χ0v) is 11.2. The van der Waals surface area contributed by atoms with Crippen molar-refractivity contribution >= 4 is 18.3 Å². The Kier molecular flexibility index (Phi) is 5.69. The fourth-order valence-corrected chi connectivity index (χ4v) is 2.28. The molecule has 2 rings (SSSR count). The predicted octanol–water partition coefficient (Wildman–Crippen LogP) is 2.13. The number of hydrogen-bond donors (Lipinski definition) is 2. The Morgan fingerprint density at radius 2 is 2.05 bits per heavy atom. The van der Waals surface area contributed by atoms with E-state index in [1.807, 2.05) is 0 Å². The molecule has 1 fully saturated rings. The first-order chi connectivity index (χ1) is 8.58. The number of carbonyl (C=O) groups is 1. The summed E-state index contributed by atoms with van der Waals surface area (Å²) < 4.78 is 25.7. The SMILES string of the molecule is Cl.NC1CCCC1C(=O)NCc1ccc(F)c(F)c1. The van der Waals surface area contributed by atoms with Crippen LogP contribution >= 0.6 is 12.4 Å². The van der Waals surface area contributed by atoms with Crippen LogP contribution in [0.5, 0.6) is 0 Å². The summed E-state index contributed by atoms with van der Waals surface area (Å²) >= 11 is 0. The Bertz CT molecular complexity index is 456. The largest absolute Gasteiger partial charge is 0.352 e. The van der Waals surface area contributed by atoms with Gasteiger partial charge in [-0.05, 0) is 30.5 Å². The number of carbonyl (C=O) groups excluding carboxylic acids is 1. The summed E-state index contributed by atoms with van der Waals surface area (Å²) in [6.45, 7) is 0.194. The molecule has 6 heteroatoms. The Labute approximate surface area is 117 Å². The zero-order chi connectivity index (χ0) is 13.1. The molecule has 0 spiro atoms. The van der Waals surface area contributed by atoms with Gasteiger partial charge in [0.25, 0.3) is 0 Å². The van der Waals surface area contributed by atoms with Gasteiger partial charge in [0.15, 0.2) is 11.6 Å². The molecule has 0 heterocycles. The van der Waals surface area contributed by atoms with Crippen molar-refractivity contribution in [3.8, 4) is 0 Å². The van der Waals surface area contributed by atoms with Crippen molar-refractivity contribution in [1.29, 1.82) is 0 Å². The molecular weight excluding hydrogens is 274 g/mol. The molecule has 0 saturated heterocycles. The van der Waals surface area contributed by atoms with Gasteiger partial charge >= 0.3 is 0 Å². The summed E-state index contributed by atoms with van der Waals surface area (Å²) in [6, 6.07) is 3.50. The summed E-state index contributed by atoms with van der Waals surface area (Å²) in [7, 11) is 0. The maximum atomic E-state index is 13.0. The molecule has 0 bridgehead atoms. The van der Waals surface area contributed by atoms with Crippen LogP contribution in [0, 0.1) is 17.6 Å². The van der Waals surface area contributed by atoms with E-state index >= 15 is 0 Å². The van der Waals surface area contributed by atoms with Crippen LogP contribution in [-0.4, -0.2) is 11.9 Å². The number of benzene rings is 1. The minimum atomic E-state index is -0.903. The van der Waals surface area contributed by atoms with Gasteiger partial charge in [0.05, 0.1) is 5.92 Å². The molecule has 1 aromatic carbocycles. The highest BCUT2D eigenvalue weighted by molar-refractivity contribution is 5.85. The lowest BCUT2D eigenvalue weighted by molar-refractivity contribution is -0.125. The molecule has 19 heavy (non-hydrogen) atoms. The number of nitrogens with one attached hydrogen (secondary N) is 1. The van der Waals surface area contributed by atoms with Crippen LogP contribution in [0.2, 0.25) is 0 Å². The molecule has 0 aromatic heterocycles. The first-order valence-corrected chi connectivity index (χ1v) is 6.05. The third-order valence-corrected chi connectivity index (χ3v) is 3.36. The molecule has 1 aliphatic rings. The summed E-state index contributed by atoms with van der Waals surface area (Å²) in [5.41, 5.74) is 6.36. The summed E-state index contributed by atoms with van der Waals surface area (Å²) in [5.74, 6) is -2.05. The number of nitrogens with two attached hydrogens (primary N) is 1. The average Bonchev–Trinajstić information content (AvgIpc) is 2.77. The van der Waals surface area contributed by atoms with Gasteiger partial charge in [0, 0.05) is 12.6 Å². The van der Waals surface area contributed by atoms with E-state index in [-0.39, 0.29) is 36.8 Å². The number of amides is 1. The molecule has 1 saturated carbocycles. The van der Waals surface area contributed by atoms with E-state index in [1.165, 1.54) is 6.07 Å². The van der Waals surface area contributed by atoms with Crippen LogP contribution in [0.1, 0.15) is 24.8 Å². The second-order valence-electron chi connectivity index (χ2n) is 4.67. The molecule has 106 valence electrons. The average molecular weight is 291 g/mol. The normalized spacial score (nSPS) is 21.8. The number of hydrogen-bond acceptors (Lipinski definition) is 2. The lowest BCUT2D eigenvalue weighted by Gasteiger charge is -2.15. The monoisotopic (exact) mass is 290 g/mol. The molecule has 0 radical (unpaired) electrons. The minimum absolute atomic E-state index is 0. The van der Waals surface area contributed by atoms with Crippen molar-refractivity contribution in [2.45, 2.75) is 31.8 Å². The zero-order valence-electron chi connectivity index (χ0n) is 10.4. The summed E-state index contributed by atoms with van der Waals surface area (Å²) in [5, 5.41) is 2.71.